The van der Waals surface area contributed by atoms with Crippen molar-refractivity contribution in [2.24, 2.45) is 5.92 Å². The molecule has 0 aliphatic heterocycles. The fourth-order valence-electron chi connectivity index (χ4n) is 1.97. The van der Waals surface area contributed by atoms with Gasteiger partial charge in [-0.2, -0.15) is 0 Å². The maximum atomic E-state index is 12.2. The van der Waals surface area contributed by atoms with Crippen LogP contribution in [0.1, 0.15) is 52.5 Å². The first-order valence-electron chi connectivity index (χ1n) is 8.74. The van der Waals surface area contributed by atoms with E-state index in [1.807, 2.05) is 44.2 Å². The molecule has 0 N–H and O–H groups in total. The Morgan fingerprint density at radius 3 is 2.25 bits per heavy atom. The molecule has 1 unspecified atom stereocenters. The van der Waals surface area contributed by atoms with E-state index in [9.17, 15) is 4.79 Å². The number of carbonyl (C=O) groups excluding carboxylic acids is 1. The predicted molar refractivity (Wildman–Crippen MR) is 105 cm³/mol. The van der Waals surface area contributed by atoms with Gasteiger partial charge in [-0.25, -0.2) is 0 Å². The molecule has 0 bridgehead atoms. The largest absolute Gasteiger partial charge is 0.406 e. The molecule has 0 fully saturated rings. The Labute approximate surface area is 149 Å². The molecule has 24 heavy (non-hydrogen) atoms. The molecule has 1 atom stereocenters. The summed E-state index contributed by atoms with van der Waals surface area (Å²) >= 11 is 0. The van der Waals surface area contributed by atoms with Crippen LogP contribution in [-0.2, 0) is 9.22 Å². The summed E-state index contributed by atoms with van der Waals surface area (Å²) in [7, 11) is -1.78. The maximum Gasteiger partial charge on any atom is 0.193 e. The molecule has 0 radical (unpaired) electrons. The molecule has 0 aromatic heterocycles. The van der Waals surface area contributed by atoms with Crippen LogP contribution in [0.3, 0.4) is 0 Å². The Morgan fingerprint density at radius 1 is 1.17 bits per heavy atom. The Kier molecular flexibility index (Phi) is 7.44. The molecule has 0 saturated carbocycles. The van der Waals surface area contributed by atoms with Crippen molar-refractivity contribution in [2.75, 3.05) is 6.61 Å². The molecule has 0 amide bonds. The van der Waals surface area contributed by atoms with Crippen molar-refractivity contribution >= 4 is 14.1 Å². The average Bonchev–Trinajstić information content (AvgIpc) is 2.49. The fourth-order valence-corrected chi connectivity index (χ4v) is 2.84. The van der Waals surface area contributed by atoms with E-state index in [-0.39, 0.29) is 22.7 Å². The van der Waals surface area contributed by atoms with Gasteiger partial charge in [-0.1, -0.05) is 76.8 Å². The summed E-state index contributed by atoms with van der Waals surface area (Å²) in [4.78, 5) is 12.2. The highest BCUT2D eigenvalue weighted by Crippen LogP contribution is 2.36. The van der Waals surface area contributed by atoms with Crippen molar-refractivity contribution in [1.82, 2.24) is 0 Å². The summed E-state index contributed by atoms with van der Waals surface area (Å²) in [6.07, 6.45) is 0.467. The van der Waals surface area contributed by atoms with Gasteiger partial charge in [-0.3, -0.25) is 4.79 Å². The average molecular weight is 345 g/mol. The summed E-state index contributed by atoms with van der Waals surface area (Å²) in [6, 6.07) is 10.1. The van der Waals surface area contributed by atoms with E-state index in [0.29, 0.717) is 13.0 Å². The molecule has 2 nitrogen and oxygen atoms in total. The molecular formula is C21H32O2Si. The van der Waals surface area contributed by atoms with E-state index in [2.05, 4.69) is 45.7 Å². The van der Waals surface area contributed by atoms with Crippen LogP contribution in [0.5, 0.6) is 0 Å². The summed E-state index contributed by atoms with van der Waals surface area (Å²) in [6.45, 7) is 15.5. The lowest BCUT2D eigenvalue weighted by molar-refractivity contribution is -0.122. The lowest BCUT2D eigenvalue weighted by Crippen LogP contribution is -2.40. The lowest BCUT2D eigenvalue weighted by Gasteiger charge is -2.35. The summed E-state index contributed by atoms with van der Waals surface area (Å²) < 4.78 is 6.11. The zero-order valence-electron chi connectivity index (χ0n) is 16.3. The van der Waals surface area contributed by atoms with Crippen LogP contribution in [0, 0.1) is 17.8 Å². The van der Waals surface area contributed by atoms with Crippen LogP contribution < -0.4 is 0 Å². The second-order valence-corrected chi connectivity index (χ2v) is 13.0. The number of hydrogen-bond donors (Lipinski definition) is 0. The molecule has 0 aliphatic carbocycles. The minimum absolute atomic E-state index is 0.0430. The number of benzene rings is 1. The van der Waals surface area contributed by atoms with E-state index in [0.717, 1.165) is 5.56 Å². The van der Waals surface area contributed by atoms with Crippen molar-refractivity contribution in [3.63, 3.8) is 0 Å². The second kappa shape index (κ2) is 8.64. The molecule has 0 heterocycles. The van der Waals surface area contributed by atoms with E-state index in [4.69, 9.17) is 4.43 Å². The number of hydrogen-bond acceptors (Lipinski definition) is 2. The van der Waals surface area contributed by atoms with Gasteiger partial charge in [-0.05, 0) is 23.7 Å². The highest BCUT2D eigenvalue weighted by atomic mass is 28.4. The summed E-state index contributed by atoms with van der Waals surface area (Å²) in [5.74, 6) is 6.68. The smallest absolute Gasteiger partial charge is 0.193 e. The Hall–Kier alpha value is -1.37. The number of ketones is 1. The van der Waals surface area contributed by atoms with Crippen LogP contribution in [0.15, 0.2) is 30.3 Å². The van der Waals surface area contributed by atoms with Crippen LogP contribution in [0.2, 0.25) is 18.1 Å². The predicted octanol–water partition coefficient (Wildman–Crippen LogP) is 5.41. The van der Waals surface area contributed by atoms with Gasteiger partial charge in [0.2, 0.25) is 0 Å². The van der Waals surface area contributed by atoms with Gasteiger partial charge in [0, 0.05) is 12.3 Å². The quantitative estimate of drug-likeness (QED) is 0.509. The third kappa shape index (κ3) is 6.26. The normalized spacial score (nSPS) is 13.3. The first-order chi connectivity index (χ1) is 11.0. The van der Waals surface area contributed by atoms with Crippen LogP contribution >= 0.6 is 0 Å². The number of carbonyl (C=O) groups is 1. The zero-order valence-corrected chi connectivity index (χ0v) is 17.3. The van der Waals surface area contributed by atoms with Crippen molar-refractivity contribution in [3.8, 4) is 11.8 Å². The first-order valence-corrected chi connectivity index (χ1v) is 11.7. The van der Waals surface area contributed by atoms with Gasteiger partial charge >= 0.3 is 0 Å². The highest BCUT2D eigenvalue weighted by Gasteiger charge is 2.36. The first kappa shape index (κ1) is 20.7. The Balaban J connectivity index is 2.82. The maximum absolute atomic E-state index is 12.2. The molecule has 1 aromatic rings. The molecule has 3 heteroatoms. The zero-order chi connectivity index (χ0) is 18.4. The number of Topliss-reactive ketones (excluding diaryl/α,β-unsaturated/α-hetero) is 1. The van der Waals surface area contributed by atoms with Gasteiger partial charge in [0.15, 0.2) is 8.32 Å². The standard InChI is InChI=1S/C21H32O2Si/c1-17(2)20(22)16-19(18-12-9-8-10-13-18)14-11-15-23-24(6,7)21(3,4)5/h8-10,12-13,17,19H,15-16H2,1-7H3. The third-order valence-corrected chi connectivity index (χ3v) is 9.32. The second-order valence-electron chi connectivity index (χ2n) is 8.16. The van der Waals surface area contributed by atoms with Gasteiger partial charge in [0.25, 0.3) is 0 Å². The van der Waals surface area contributed by atoms with Gasteiger partial charge in [-0.15, -0.1) is 0 Å². The van der Waals surface area contributed by atoms with Gasteiger partial charge in [0.1, 0.15) is 5.78 Å². The van der Waals surface area contributed by atoms with Crippen LogP contribution in [0.4, 0.5) is 0 Å². The molecule has 0 spiro atoms. The highest BCUT2D eigenvalue weighted by molar-refractivity contribution is 6.74. The van der Waals surface area contributed by atoms with Crippen molar-refractivity contribution in [1.29, 1.82) is 0 Å². The van der Waals surface area contributed by atoms with Crippen LogP contribution in [-0.4, -0.2) is 20.7 Å². The minimum Gasteiger partial charge on any atom is -0.406 e. The molecule has 1 aromatic carbocycles. The minimum atomic E-state index is -1.78. The van der Waals surface area contributed by atoms with Gasteiger partial charge < -0.3 is 4.43 Å². The van der Waals surface area contributed by atoms with Crippen molar-refractivity contribution in [3.05, 3.63) is 35.9 Å². The Morgan fingerprint density at radius 2 is 1.75 bits per heavy atom. The van der Waals surface area contributed by atoms with Crippen molar-refractivity contribution < 1.29 is 9.22 Å². The fraction of sp³-hybridized carbons (Fsp3) is 0.571. The van der Waals surface area contributed by atoms with E-state index < -0.39 is 8.32 Å². The van der Waals surface area contributed by atoms with Gasteiger partial charge in [0.05, 0.1) is 12.5 Å². The monoisotopic (exact) mass is 344 g/mol. The molecular weight excluding hydrogens is 312 g/mol. The van der Waals surface area contributed by atoms with E-state index >= 15 is 0 Å². The van der Waals surface area contributed by atoms with Crippen LogP contribution in [0.25, 0.3) is 0 Å². The SMILES string of the molecule is CC(C)C(=O)CC(C#CCO[Si](C)(C)C(C)(C)C)c1ccccc1. The van der Waals surface area contributed by atoms with E-state index in [1.54, 1.807) is 0 Å². The molecule has 0 saturated heterocycles. The molecule has 0 aliphatic rings. The van der Waals surface area contributed by atoms with Crippen molar-refractivity contribution in [2.45, 2.75) is 65.1 Å². The summed E-state index contributed by atoms with van der Waals surface area (Å²) in [5, 5.41) is 0.182. The summed E-state index contributed by atoms with van der Waals surface area (Å²) in [5.41, 5.74) is 1.10. The molecule has 132 valence electrons. The topological polar surface area (TPSA) is 26.3 Å². The third-order valence-electron chi connectivity index (χ3n) is 4.84. The number of rotatable bonds is 6. The molecule has 1 rings (SSSR count). The van der Waals surface area contributed by atoms with E-state index in [1.165, 1.54) is 0 Å². The Bertz CT molecular complexity index is 586. The lowest BCUT2D eigenvalue weighted by atomic mass is 9.91.